The maximum Gasteiger partial charge on any atom is 0.210 e. The van der Waals surface area contributed by atoms with Gasteiger partial charge in [0.15, 0.2) is 0 Å². The van der Waals surface area contributed by atoms with E-state index >= 15 is 0 Å². The molecule has 1 aliphatic rings. The summed E-state index contributed by atoms with van der Waals surface area (Å²) in [6, 6.07) is 6.45. The van der Waals surface area contributed by atoms with Gasteiger partial charge in [0.25, 0.3) is 0 Å². The Kier molecular flexibility index (Phi) is 4.60. The fraction of sp³-hybridized carbons (Fsp3) is 0.222. The van der Waals surface area contributed by atoms with Crippen molar-refractivity contribution >= 4 is 35.6 Å². The van der Waals surface area contributed by atoms with E-state index in [4.69, 9.17) is 0 Å². The molecule has 0 aromatic heterocycles. The zero-order valence-corrected chi connectivity index (χ0v) is 10.3. The molecule has 0 bridgehead atoms. The third-order valence-corrected chi connectivity index (χ3v) is 1.86. The molecule has 0 fully saturated rings. The van der Waals surface area contributed by atoms with E-state index in [2.05, 4.69) is 21.2 Å². The number of aliphatic imine (C=N–C) groups is 1. The van der Waals surface area contributed by atoms with Crippen LogP contribution in [0.1, 0.15) is 0 Å². The number of rotatable bonds is 2. The van der Waals surface area contributed by atoms with Gasteiger partial charge in [-0.2, -0.15) is 0 Å². The monoisotopic (exact) mass is 322 g/mol. The Morgan fingerprint density at radius 3 is 2.73 bits per heavy atom. The van der Waals surface area contributed by atoms with Crippen LogP contribution in [0.25, 0.3) is 0 Å². The summed E-state index contributed by atoms with van der Waals surface area (Å²) in [5.41, 5.74) is 5.93. The molecule has 0 unspecified atom stereocenters. The van der Waals surface area contributed by atoms with E-state index in [0.29, 0.717) is 11.6 Å². The predicted octanol–water partition coefficient (Wildman–Crippen LogP) is 1.32. The number of guanidine groups is 1. The van der Waals surface area contributed by atoms with Gasteiger partial charge in [-0.25, -0.2) is 4.39 Å². The normalized spacial score (nSPS) is 13.5. The lowest BCUT2D eigenvalue weighted by molar-refractivity contribution is 0.629. The third-order valence-electron chi connectivity index (χ3n) is 1.86. The SMILES string of the molecule is Fc1ccccc1NNC1=NCCN1.I. The van der Waals surface area contributed by atoms with Crippen molar-refractivity contribution in [3.63, 3.8) is 0 Å². The van der Waals surface area contributed by atoms with Gasteiger partial charge in [0.05, 0.1) is 12.2 Å². The van der Waals surface area contributed by atoms with Crippen LogP contribution in [0, 0.1) is 5.82 Å². The van der Waals surface area contributed by atoms with Gasteiger partial charge in [-0.1, -0.05) is 12.1 Å². The molecule has 0 radical (unpaired) electrons. The Hall–Kier alpha value is -1.05. The third kappa shape index (κ3) is 3.22. The smallest absolute Gasteiger partial charge is 0.210 e. The predicted molar refractivity (Wildman–Crippen MR) is 68.9 cm³/mol. The van der Waals surface area contributed by atoms with Crippen LogP contribution in [0.3, 0.4) is 0 Å². The molecular formula is C9H12FIN4. The van der Waals surface area contributed by atoms with Crippen LogP contribution < -0.4 is 16.2 Å². The van der Waals surface area contributed by atoms with Gasteiger partial charge < -0.3 is 5.32 Å². The average Bonchev–Trinajstić information content (AvgIpc) is 2.69. The molecule has 3 N–H and O–H groups in total. The van der Waals surface area contributed by atoms with Crippen LogP contribution in [0.2, 0.25) is 0 Å². The minimum Gasteiger partial charge on any atom is -0.353 e. The van der Waals surface area contributed by atoms with Crippen molar-refractivity contribution in [2.75, 3.05) is 18.5 Å². The van der Waals surface area contributed by atoms with Crippen LogP contribution >= 0.6 is 24.0 Å². The Labute approximate surface area is 104 Å². The fourth-order valence-corrected chi connectivity index (χ4v) is 1.17. The van der Waals surface area contributed by atoms with Gasteiger partial charge in [0.1, 0.15) is 5.82 Å². The Morgan fingerprint density at radius 2 is 2.07 bits per heavy atom. The van der Waals surface area contributed by atoms with Gasteiger partial charge in [0, 0.05) is 6.54 Å². The second kappa shape index (κ2) is 5.74. The highest BCUT2D eigenvalue weighted by Crippen LogP contribution is 2.10. The summed E-state index contributed by atoms with van der Waals surface area (Å²) in [6.45, 7) is 1.57. The number of hydrogen-bond acceptors (Lipinski definition) is 4. The number of para-hydroxylation sites is 1. The molecule has 0 amide bonds. The molecule has 82 valence electrons. The number of halogens is 2. The van der Waals surface area contributed by atoms with E-state index in [0.717, 1.165) is 13.1 Å². The van der Waals surface area contributed by atoms with Gasteiger partial charge in [-0.05, 0) is 12.1 Å². The molecule has 15 heavy (non-hydrogen) atoms. The number of nitrogens with one attached hydrogen (secondary N) is 3. The largest absolute Gasteiger partial charge is 0.353 e. The number of hydrogen-bond donors (Lipinski definition) is 3. The molecular weight excluding hydrogens is 310 g/mol. The standard InChI is InChI=1S/C9H11FN4.HI/c10-7-3-1-2-4-8(7)13-14-9-11-5-6-12-9;/h1-4,13H,5-6H2,(H2,11,12,14);1H. The molecule has 6 heteroatoms. The number of hydrazine groups is 1. The molecule has 0 spiro atoms. The zero-order valence-electron chi connectivity index (χ0n) is 7.96. The summed E-state index contributed by atoms with van der Waals surface area (Å²) < 4.78 is 13.1. The van der Waals surface area contributed by atoms with Crippen LogP contribution in [0.15, 0.2) is 29.3 Å². The van der Waals surface area contributed by atoms with Gasteiger partial charge in [0.2, 0.25) is 5.96 Å². The molecule has 1 aromatic rings. The van der Waals surface area contributed by atoms with E-state index < -0.39 is 0 Å². The molecule has 0 atom stereocenters. The maximum atomic E-state index is 13.1. The molecule has 4 nitrogen and oxygen atoms in total. The van der Waals surface area contributed by atoms with E-state index in [1.807, 2.05) is 0 Å². The minimum atomic E-state index is -0.293. The van der Waals surface area contributed by atoms with E-state index in [9.17, 15) is 4.39 Å². The Balaban J connectivity index is 0.00000112. The van der Waals surface area contributed by atoms with Gasteiger partial charge in [-0.15, -0.1) is 24.0 Å². The lowest BCUT2D eigenvalue weighted by atomic mass is 10.3. The highest BCUT2D eigenvalue weighted by molar-refractivity contribution is 14.0. The number of benzene rings is 1. The number of nitrogens with zero attached hydrogens (tertiary/aromatic N) is 1. The van der Waals surface area contributed by atoms with Crippen molar-refractivity contribution in [2.24, 2.45) is 4.99 Å². The maximum absolute atomic E-state index is 13.1. The summed E-state index contributed by atoms with van der Waals surface area (Å²) >= 11 is 0. The zero-order chi connectivity index (χ0) is 9.80. The molecule has 0 saturated carbocycles. The topological polar surface area (TPSA) is 48.5 Å². The lowest BCUT2D eigenvalue weighted by Crippen LogP contribution is -2.37. The first-order chi connectivity index (χ1) is 6.86. The van der Waals surface area contributed by atoms with Crippen molar-refractivity contribution in [1.82, 2.24) is 10.7 Å². The molecule has 1 aliphatic heterocycles. The van der Waals surface area contributed by atoms with Crippen molar-refractivity contribution in [3.8, 4) is 0 Å². The van der Waals surface area contributed by atoms with Crippen LogP contribution in [0.5, 0.6) is 0 Å². The summed E-state index contributed by atoms with van der Waals surface area (Å²) in [5.74, 6) is 0.354. The summed E-state index contributed by atoms with van der Waals surface area (Å²) in [4.78, 5) is 4.09. The van der Waals surface area contributed by atoms with E-state index in [-0.39, 0.29) is 29.8 Å². The van der Waals surface area contributed by atoms with E-state index in [1.54, 1.807) is 18.2 Å². The highest BCUT2D eigenvalue weighted by atomic mass is 127. The van der Waals surface area contributed by atoms with Crippen molar-refractivity contribution in [2.45, 2.75) is 0 Å². The summed E-state index contributed by atoms with van der Waals surface area (Å²) in [5, 5.41) is 3.00. The minimum absolute atomic E-state index is 0. The van der Waals surface area contributed by atoms with Crippen LogP contribution in [-0.4, -0.2) is 19.0 Å². The Morgan fingerprint density at radius 1 is 1.27 bits per heavy atom. The van der Waals surface area contributed by atoms with Crippen LogP contribution in [-0.2, 0) is 0 Å². The molecule has 2 rings (SSSR count). The number of anilines is 1. The van der Waals surface area contributed by atoms with Gasteiger partial charge in [-0.3, -0.25) is 15.8 Å². The first-order valence-corrected chi connectivity index (χ1v) is 4.41. The summed E-state index contributed by atoms with van der Waals surface area (Å²) in [6.07, 6.45) is 0. The quantitative estimate of drug-likeness (QED) is 0.569. The first-order valence-electron chi connectivity index (χ1n) is 4.41. The first kappa shape index (κ1) is 12.0. The van der Waals surface area contributed by atoms with Gasteiger partial charge >= 0.3 is 0 Å². The lowest BCUT2D eigenvalue weighted by Gasteiger charge is -2.09. The average molecular weight is 322 g/mol. The summed E-state index contributed by atoms with van der Waals surface area (Å²) in [7, 11) is 0. The van der Waals surface area contributed by atoms with Crippen molar-refractivity contribution in [3.05, 3.63) is 30.1 Å². The second-order valence-corrected chi connectivity index (χ2v) is 2.89. The van der Waals surface area contributed by atoms with E-state index in [1.165, 1.54) is 6.07 Å². The molecule has 1 aromatic carbocycles. The second-order valence-electron chi connectivity index (χ2n) is 2.89. The Bertz CT molecular complexity index is 356. The van der Waals surface area contributed by atoms with Crippen LogP contribution in [0.4, 0.5) is 10.1 Å². The fourth-order valence-electron chi connectivity index (χ4n) is 1.17. The van der Waals surface area contributed by atoms with Crippen molar-refractivity contribution < 1.29 is 4.39 Å². The molecule has 0 saturated heterocycles. The van der Waals surface area contributed by atoms with Crippen molar-refractivity contribution in [1.29, 1.82) is 0 Å². The molecule has 1 heterocycles. The highest BCUT2D eigenvalue weighted by Gasteiger charge is 2.04. The molecule has 0 aliphatic carbocycles.